The summed E-state index contributed by atoms with van der Waals surface area (Å²) in [4.78, 5) is 17.8. The number of nitrogens with two attached hydrogens (primary N) is 2. The lowest BCUT2D eigenvalue weighted by Crippen LogP contribution is -2.31. The second-order valence-corrected chi connectivity index (χ2v) is 4.85. The van der Waals surface area contributed by atoms with E-state index in [2.05, 4.69) is 10.3 Å². The molecule has 1 unspecified atom stereocenters. The Labute approximate surface area is 135 Å². The molecule has 0 aromatic heterocycles. The van der Waals surface area contributed by atoms with E-state index in [1.54, 1.807) is 0 Å². The minimum atomic E-state index is -0.308. The molecule has 8 heteroatoms. The molecule has 1 heterocycles. The highest BCUT2D eigenvalue weighted by molar-refractivity contribution is 7.80. The summed E-state index contributed by atoms with van der Waals surface area (Å²) >= 11 is 5.22. The van der Waals surface area contributed by atoms with Gasteiger partial charge in [-0.1, -0.05) is 18.2 Å². The number of anilines is 1. The fraction of sp³-hybridized carbons (Fsp3) is 0.308. The van der Waals surface area contributed by atoms with Crippen LogP contribution in [0, 0.1) is 0 Å². The molecule has 21 heavy (non-hydrogen) atoms. The summed E-state index contributed by atoms with van der Waals surface area (Å²) in [5.74, 6) is 0.0306. The van der Waals surface area contributed by atoms with Crippen LogP contribution < -0.4 is 21.7 Å². The van der Waals surface area contributed by atoms with Crippen LogP contribution in [-0.2, 0) is 4.79 Å². The van der Waals surface area contributed by atoms with Crippen LogP contribution >= 0.6 is 24.6 Å². The molecule has 1 fully saturated rings. The number of para-hydroxylation sites is 1. The second kappa shape index (κ2) is 7.80. The van der Waals surface area contributed by atoms with Gasteiger partial charge < -0.3 is 16.8 Å². The van der Waals surface area contributed by atoms with Crippen LogP contribution in [0.15, 0.2) is 35.3 Å². The Morgan fingerprint density at radius 3 is 2.62 bits per heavy atom. The zero-order chi connectivity index (χ0) is 14.5. The molecule has 1 aliphatic heterocycles. The molecule has 1 aromatic carbocycles. The summed E-state index contributed by atoms with van der Waals surface area (Å²) in [5, 5.41) is 3.48. The molecule has 0 bridgehead atoms. The van der Waals surface area contributed by atoms with Gasteiger partial charge >= 0.3 is 0 Å². The smallest absolute Gasteiger partial charge is 0.255 e. The number of nitrogens with zero attached hydrogens (tertiary/aromatic N) is 2. The summed E-state index contributed by atoms with van der Waals surface area (Å²) in [7, 11) is 0. The predicted octanol–water partition coefficient (Wildman–Crippen LogP) is 0.752. The predicted molar refractivity (Wildman–Crippen MR) is 90.6 cm³/mol. The number of benzene rings is 1. The average molecular weight is 328 g/mol. The van der Waals surface area contributed by atoms with E-state index in [9.17, 15) is 4.79 Å². The van der Waals surface area contributed by atoms with Crippen LogP contribution in [0.2, 0.25) is 0 Å². The SMILES string of the molecule is Cl.NC(N)=NCCCC1NC(=S)N(c2ccccc2)C1=O. The summed E-state index contributed by atoms with van der Waals surface area (Å²) < 4.78 is 0. The quantitative estimate of drug-likeness (QED) is 0.321. The van der Waals surface area contributed by atoms with Gasteiger partial charge in [0.15, 0.2) is 11.1 Å². The number of hydrogen-bond acceptors (Lipinski definition) is 3. The highest BCUT2D eigenvalue weighted by atomic mass is 35.5. The molecule has 1 atom stereocenters. The molecule has 0 radical (unpaired) electrons. The summed E-state index contributed by atoms with van der Waals surface area (Å²) in [6.07, 6.45) is 1.35. The van der Waals surface area contributed by atoms with E-state index in [0.29, 0.717) is 24.5 Å². The number of nitrogens with one attached hydrogen (secondary N) is 1. The molecule has 0 aliphatic carbocycles. The molecule has 1 aromatic rings. The zero-order valence-corrected chi connectivity index (χ0v) is 13.0. The van der Waals surface area contributed by atoms with E-state index in [-0.39, 0.29) is 30.3 Å². The molecule has 1 amide bonds. The lowest BCUT2D eigenvalue weighted by molar-refractivity contribution is -0.118. The maximum absolute atomic E-state index is 12.3. The maximum Gasteiger partial charge on any atom is 0.255 e. The third kappa shape index (κ3) is 4.30. The third-order valence-electron chi connectivity index (χ3n) is 2.98. The van der Waals surface area contributed by atoms with Crippen LogP contribution in [0.4, 0.5) is 5.69 Å². The summed E-state index contributed by atoms with van der Waals surface area (Å²) in [6.45, 7) is 0.506. The van der Waals surface area contributed by atoms with Crippen LogP contribution in [0.25, 0.3) is 0 Å². The molecular formula is C13H18ClN5OS. The van der Waals surface area contributed by atoms with E-state index < -0.39 is 0 Å². The molecule has 2 rings (SSSR count). The highest BCUT2D eigenvalue weighted by Gasteiger charge is 2.35. The van der Waals surface area contributed by atoms with E-state index in [4.69, 9.17) is 23.7 Å². The van der Waals surface area contributed by atoms with E-state index in [1.807, 2.05) is 30.3 Å². The Bertz CT molecular complexity index is 533. The largest absolute Gasteiger partial charge is 0.370 e. The molecular weight excluding hydrogens is 310 g/mol. The van der Waals surface area contributed by atoms with Crippen molar-refractivity contribution < 1.29 is 4.79 Å². The Hall–Kier alpha value is -1.86. The van der Waals surface area contributed by atoms with E-state index in [0.717, 1.165) is 5.69 Å². The van der Waals surface area contributed by atoms with Crippen molar-refractivity contribution in [3.63, 3.8) is 0 Å². The molecule has 0 spiro atoms. The summed E-state index contributed by atoms with van der Waals surface area (Å²) in [5.41, 5.74) is 11.3. The van der Waals surface area contributed by atoms with Crippen molar-refractivity contribution in [3.05, 3.63) is 30.3 Å². The number of carbonyl (C=O) groups excluding carboxylic acids is 1. The number of amides is 1. The lowest BCUT2D eigenvalue weighted by atomic mass is 10.1. The van der Waals surface area contributed by atoms with Gasteiger partial charge in [-0.25, -0.2) is 0 Å². The van der Waals surface area contributed by atoms with Gasteiger partial charge in [-0.15, -0.1) is 12.4 Å². The number of carbonyl (C=O) groups is 1. The van der Waals surface area contributed by atoms with Gasteiger partial charge in [0.05, 0.1) is 5.69 Å². The molecule has 0 saturated carbocycles. The van der Waals surface area contributed by atoms with Gasteiger partial charge in [0, 0.05) is 6.54 Å². The van der Waals surface area contributed by atoms with Crippen molar-refractivity contribution in [2.75, 3.05) is 11.4 Å². The number of rotatable bonds is 5. The van der Waals surface area contributed by atoms with Crippen molar-refractivity contribution in [3.8, 4) is 0 Å². The van der Waals surface area contributed by atoms with Crippen molar-refractivity contribution in [1.29, 1.82) is 0 Å². The second-order valence-electron chi connectivity index (χ2n) is 4.46. The minimum Gasteiger partial charge on any atom is -0.370 e. The van der Waals surface area contributed by atoms with Gasteiger partial charge in [0.1, 0.15) is 6.04 Å². The molecule has 6 nitrogen and oxygen atoms in total. The van der Waals surface area contributed by atoms with Crippen molar-refractivity contribution in [2.45, 2.75) is 18.9 Å². The first-order valence-electron chi connectivity index (χ1n) is 6.34. The van der Waals surface area contributed by atoms with Crippen LogP contribution in [-0.4, -0.2) is 29.6 Å². The highest BCUT2D eigenvalue weighted by Crippen LogP contribution is 2.20. The first kappa shape index (κ1) is 17.2. The Balaban J connectivity index is 0.00000220. The fourth-order valence-electron chi connectivity index (χ4n) is 2.05. The van der Waals surface area contributed by atoms with Crippen molar-refractivity contribution >= 4 is 47.3 Å². The lowest BCUT2D eigenvalue weighted by Gasteiger charge is -2.14. The topological polar surface area (TPSA) is 96.7 Å². The average Bonchev–Trinajstić information content (AvgIpc) is 2.70. The normalized spacial score (nSPS) is 17.1. The third-order valence-corrected chi connectivity index (χ3v) is 3.28. The van der Waals surface area contributed by atoms with E-state index >= 15 is 0 Å². The fourth-order valence-corrected chi connectivity index (χ4v) is 2.39. The van der Waals surface area contributed by atoms with Gasteiger partial charge in [-0.2, -0.15) is 0 Å². The Morgan fingerprint density at radius 2 is 2.00 bits per heavy atom. The number of guanidine groups is 1. The molecule has 114 valence electrons. The zero-order valence-electron chi connectivity index (χ0n) is 11.4. The summed E-state index contributed by atoms with van der Waals surface area (Å²) in [6, 6.07) is 9.04. The maximum atomic E-state index is 12.3. The number of halogens is 1. The first-order valence-corrected chi connectivity index (χ1v) is 6.75. The number of thiocarbonyl (C=S) groups is 1. The van der Waals surface area contributed by atoms with Crippen LogP contribution in [0.5, 0.6) is 0 Å². The van der Waals surface area contributed by atoms with Gasteiger partial charge in [0.25, 0.3) is 5.91 Å². The number of hydrogen-bond donors (Lipinski definition) is 3. The van der Waals surface area contributed by atoms with Gasteiger partial charge in [0.2, 0.25) is 0 Å². The van der Waals surface area contributed by atoms with E-state index in [1.165, 1.54) is 4.90 Å². The molecule has 1 aliphatic rings. The standard InChI is InChI=1S/C13H17N5OS.ClH/c14-12(15)16-8-4-7-10-11(19)18(13(20)17-10)9-5-2-1-3-6-9;/h1-3,5-6,10H,4,7-8H2,(H,17,20)(H4,14,15,16);1H. The van der Waals surface area contributed by atoms with Gasteiger partial charge in [-0.05, 0) is 37.2 Å². The van der Waals surface area contributed by atoms with Crippen molar-refractivity contribution in [1.82, 2.24) is 5.32 Å². The van der Waals surface area contributed by atoms with Crippen LogP contribution in [0.3, 0.4) is 0 Å². The Morgan fingerprint density at radius 1 is 1.33 bits per heavy atom. The molecule has 1 saturated heterocycles. The number of aliphatic imine (C=N–C) groups is 1. The molecule has 5 N–H and O–H groups in total. The Kier molecular flexibility index (Phi) is 6.39. The van der Waals surface area contributed by atoms with Crippen molar-refractivity contribution in [2.24, 2.45) is 16.5 Å². The first-order chi connectivity index (χ1) is 9.59. The van der Waals surface area contributed by atoms with Gasteiger partial charge in [-0.3, -0.25) is 14.7 Å². The minimum absolute atomic E-state index is 0. The van der Waals surface area contributed by atoms with Crippen LogP contribution in [0.1, 0.15) is 12.8 Å². The monoisotopic (exact) mass is 327 g/mol.